The van der Waals surface area contributed by atoms with E-state index in [-0.39, 0.29) is 18.8 Å². The number of aromatic nitrogens is 1. The van der Waals surface area contributed by atoms with E-state index in [1.54, 1.807) is 0 Å². The summed E-state index contributed by atoms with van der Waals surface area (Å²) in [6, 6.07) is 6.77. The van der Waals surface area contributed by atoms with Crippen LogP contribution in [-0.2, 0) is 11.2 Å². The van der Waals surface area contributed by atoms with Crippen LogP contribution in [0.4, 0.5) is 0 Å². The molecule has 6 heteroatoms. The molecule has 1 aliphatic heterocycles. The van der Waals surface area contributed by atoms with Crippen molar-refractivity contribution in [2.45, 2.75) is 44.6 Å². The molecule has 2 aromatic rings. The minimum atomic E-state index is -0.745. The number of hydrogen-bond donors (Lipinski definition) is 2. The third-order valence-electron chi connectivity index (χ3n) is 4.92. The van der Waals surface area contributed by atoms with Crippen LogP contribution in [-0.4, -0.2) is 47.2 Å². The Balaban J connectivity index is 0.00000225. The van der Waals surface area contributed by atoms with Gasteiger partial charge in [0, 0.05) is 29.6 Å². The van der Waals surface area contributed by atoms with Gasteiger partial charge in [-0.3, -0.25) is 4.79 Å². The van der Waals surface area contributed by atoms with Crippen LogP contribution in [0.25, 0.3) is 10.9 Å². The maximum Gasteiger partial charge on any atom is 0.303 e. The van der Waals surface area contributed by atoms with Crippen LogP contribution in [0.3, 0.4) is 0 Å². The standard InChI is InChI=1S/C19H26N2O3.ClH/c1-21-9-4-5-15(21)11-14-13-20-18-8-7-16(12-17(14)18)24-10-3-2-6-19(22)23;/h7-8,12-13,15,20H,2-6,9-11H2,1H3,(H,22,23);1H/t15-;/m1./s1. The van der Waals surface area contributed by atoms with E-state index in [2.05, 4.69) is 35.3 Å². The van der Waals surface area contributed by atoms with Gasteiger partial charge in [-0.15, -0.1) is 12.4 Å². The molecule has 2 N–H and O–H groups in total. The molecule has 0 amide bonds. The zero-order valence-electron chi connectivity index (χ0n) is 14.7. The van der Waals surface area contributed by atoms with E-state index < -0.39 is 5.97 Å². The van der Waals surface area contributed by atoms with Crippen molar-refractivity contribution in [2.75, 3.05) is 20.2 Å². The van der Waals surface area contributed by atoms with Gasteiger partial charge in [-0.05, 0) is 69.5 Å². The number of unbranched alkanes of at least 4 members (excludes halogenated alkanes) is 1. The smallest absolute Gasteiger partial charge is 0.303 e. The molecule has 1 aliphatic rings. The van der Waals surface area contributed by atoms with E-state index in [4.69, 9.17) is 9.84 Å². The fraction of sp³-hybridized carbons (Fsp3) is 0.526. The number of fused-ring (bicyclic) bond motifs is 1. The molecule has 0 radical (unpaired) electrons. The molecule has 1 atom stereocenters. The molecule has 2 heterocycles. The fourth-order valence-corrected chi connectivity index (χ4v) is 3.48. The lowest BCUT2D eigenvalue weighted by atomic mass is 10.0. The van der Waals surface area contributed by atoms with Crippen LogP contribution in [0.5, 0.6) is 5.75 Å². The SMILES string of the molecule is CN1CCC[C@@H]1Cc1c[nH]c2ccc(OCCCCC(=O)O)cc12.Cl. The van der Waals surface area contributed by atoms with E-state index in [0.717, 1.165) is 24.1 Å². The van der Waals surface area contributed by atoms with Crippen molar-refractivity contribution in [2.24, 2.45) is 0 Å². The fourth-order valence-electron chi connectivity index (χ4n) is 3.48. The normalized spacial score (nSPS) is 17.6. The van der Waals surface area contributed by atoms with Crippen LogP contribution in [0, 0.1) is 0 Å². The molecule has 1 aromatic carbocycles. The highest BCUT2D eigenvalue weighted by atomic mass is 35.5. The Hall–Kier alpha value is -1.72. The lowest BCUT2D eigenvalue weighted by Crippen LogP contribution is -2.26. The van der Waals surface area contributed by atoms with Crippen LogP contribution >= 0.6 is 12.4 Å². The van der Waals surface area contributed by atoms with Gasteiger partial charge in [-0.1, -0.05) is 0 Å². The lowest BCUT2D eigenvalue weighted by Gasteiger charge is -2.18. The zero-order valence-corrected chi connectivity index (χ0v) is 15.5. The van der Waals surface area contributed by atoms with Gasteiger partial charge in [-0.2, -0.15) is 0 Å². The molecule has 3 rings (SSSR count). The maximum atomic E-state index is 10.5. The van der Waals surface area contributed by atoms with Crippen molar-refractivity contribution in [3.05, 3.63) is 30.0 Å². The average Bonchev–Trinajstić information content (AvgIpc) is 3.14. The number of rotatable bonds is 8. The second-order valence-corrected chi connectivity index (χ2v) is 6.70. The Morgan fingerprint density at radius 1 is 1.40 bits per heavy atom. The number of ether oxygens (including phenoxy) is 1. The predicted octanol–water partition coefficient (Wildman–Crippen LogP) is 3.86. The number of H-pyrrole nitrogens is 1. The van der Waals surface area contributed by atoms with Gasteiger partial charge in [0.15, 0.2) is 0 Å². The summed E-state index contributed by atoms with van der Waals surface area (Å²) in [4.78, 5) is 16.3. The summed E-state index contributed by atoms with van der Waals surface area (Å²) in [5, 5.41) is 9.88. The van der Waals surface area contributed by atoms with Gasteiger partial charge < -0.3 is 19.7 Å². The Morgan fingerprint density at radius 2 is 2.24 bits per heavy atom. The van der Waals surface area contributed by atoms with Crippen molar-refractivity contribution in [3.63, 3.8) is 0 Å². The van der Waals surface area contributed by atoms with Crippen molar-refractivity contribution in [1.82, 2.24) is 9.88 Å². The molecule has 0 unspecified atom stereocenters. The Labute approximate surface area is 154 Å². The number of likely N-dealkylation sites (N-methyl/N-ethyl adjacent to an activating group) is 1. The molecule has 5 nitrogen and oxygen atoms in total. The number of aliphatic carboxylic acids is 1. The highest BCUT2D eigenvalue weighted by molar-refractivity contribution is 5.85. The van der Waals surface area contributed by atoms with E-state index in [0.29, 0.717) is 19.1 Å². The van der Waals surface area contributed by atoms with Gasteiger partial charge >= 0.3 is 5.97 Å². The minimum absolute atomic E-state index is 0. The second-order valence-electron chi connectivity index (χ2n) is 6.70. The first-order valence-electron chi connectivity index (χ1n) is 8.78. The summed E-state index contributed by atoms with van der Waals surface area (Å²) in [6.07, 6.45) is 7.36. The molecule has 0 bridgehead atoms. The highest BCUT2D eigenvalue weighted by Gasteiger charge is 2.22. The molecular weight excluding hydrogens is 340 g/mol. The number of nitrogens with zero attached hydrogens (tertiary/aromatic N) is 1. The summed E-state index contributed by atoms with van der Waals surface area (Å²) in [5.41, 5.74) is 2.49. The number of carboxylic acid groups (broad SMARTS) is 1. The van der Waals surface area contributed by atoms with E-state index in [1.165, 1.54) is 30.3 Å². The third-order valence-corrected chi connectivity index (χ3v) is 4.92. The molecule has 0 aliphatic carbocycles. The van der Waals surface area contributed by atoms with Crippen molar-refractivity contribution < 1.29 is 14.6 Å². The molecule has 0 spiro atoms. The molecule has 1 saturated heterocycles. The van der Waals surface area contributed by atoms with E-state index in [9.17, 15) is 4.79 Å². The van der Waals surface area contributed by atoms with Gasteiger partial charge in [0.1, 0.15) is 5.75 Å². The Kier molecular flexibility index (Phi) is 7.14. The van der Waals surface area contributed by atoms with Gasteiger partial charge in [0.05, 0.1) is 6.61 Å². The predicted molar refractivity (Wildman–Crippen MR) is 102 cm³/mol. The minimum Gasteiger partial charge on any atom is -0.494 e. The van der Waals surface area contributed by atoms with Crippen LogP contribution in [0.15, 0.2) is 24.4 Å². The average molecular weight is 367 g/mol. The van der Waals surface area contributed by atoms with Crippen molar-refractivity contribution in [1.29, 1.82) is 0 Å². The third kappa shape index (κ3) is 5.13. The number of hydrogen-bond acceptors (Lipinski definition) is 3. The van der Waals surface area contributed by atoms with Crippen LogP contribution in [0.2, 0.25) is 0 Å². The molecule has 1 fully saturated rings. The first-order valence-corrected chi connectivity index (χ1v) is 8.78. The number of benzene rings is 1. The number of likely N-dealkylation sites (tertiary alicyclic amines) is 1. The summed E-state index contributed by atoms with van der Waals surface area (Å²) in [7, 11) is 2.21. The summed E-state index contributed by atoms with van der Waals surface area (Å²) < 4.78 is 5.79. The number of nitrogens with one attached hydrogen (secondary N) is 1. The van der Waals surface area contributed by atoms with Crippen LogP contribution in [0.1, 0.15) is 37.7 Å². The number of halogens is 1. The Bertz CT molecular complexity index is 701. The summed E-state index contributed by atoms with van der Waals surface area (Å²) in [6.45, 7) is 1.75. The van der Waals surface area contributed by atoms with E-state index >= 15 is 0 Å². The largest absolute Gasteiger partial charge is 0.494 e. The second kappa shape index (κ2) is 9.11. The monoisotopic (exact) mass is 366 g/mol. The number of aromatic amines is 1. The van der Waals surface area contributed by atoms with Gasteiger partial charge in [-0.25, -0.2) is 0 Å². The summed E-state index contributed by atoms with van der Waals surface area (Å²) in [5.74, 6) is 0.115. The highest BCUT2D eigenvalue weighted by Crippen LogP contribution is 2.27. The topological polar surface area (TPSA) is 65.6 Å². The molecule has 0 saturated carbocycles. The van der Waals surface area contributed by atoms with Gasteiger partial charge in [0.25, 0.3) is 0 Å². The number of carbonyl (C=O) groups is 1. The van der Waals surface area contributed by atoms with Crippen LogP contribution < -0.4 is 4.74 Å². The van der Waals surface area contributed by atoms with E-state index in [1.807, 2.05) is 6.07 Å². The van der Waals surface area contributed by atoms with Crippen molar-refractivity contribution in [3.8, 4) is 5.75 Å². The molecular formula is C19H27ClN2O3. The lowest BCUT2D eigenvalue weighted by molar-refractivity contribution is -0.137. The van der Waals surface area contributed by atoms with Gasteiger partial charge in [0.2, 0.25) is 0 Å². The maximum absolute atomic E-state index is 10.5. The molecule has 138 valence electrons. The zero-order chi connectivity index (χ0) is 16.9. The Morgan fingerprint density at radius 3 is 2.96 bits per heavy atom. The molecule has 25 heavy (non-hydrogen) atoms. The first-order chi connectivity index (χ1) is 11.6. The van der Waals surface area contributed by atoms with Crippen molar-refractivity contribution >= 4 is 29.3 Å². The number of carboxylic acids is 1. The quantitative estimate of drug-likeness (QED) is 0.696. The molecule has 1 aromatic heterocycles. The first kappa shape index (κ1) is 19.6. The summed E-state index contributed by atoms with van der Waals surface area (Å²) >= 11 is 0.